The first-order valence-corrected chi connectivity index (χ1v) is 13.9. The lowest BCUT2D eigenvalue weighted by Crippen LogP contribution is -2.50. The lowest BCUT2D eigenvalue weighted by atomic mass is 10.0. The number of urea groups is 2. The van der Waals surface area contributed by atoms with Crippen molar-refractivity contribution in [2.75, 3.05) is 49.8 Å². The molecule has 43 heavy (non-hydrogen) atoms. The third kappa shape index (κ3) is 7.60. The molecule has 3 atom stereocenters. The number of ether oxygens (including phenoxy) is 2. The Labute approximate surface area is 249 Å². The number of fused-ring (bicyclic) bond motifs is 1. The average molecular weight is 597 g/mol. The van der Waals surface area contributed by atoms with Gasteiger partial charge in [0.1, 0.15) is 29.6 Å². The minimum absolute atomic E-state index is 0.0440. The van der Waals surface area contributed by atoms with Crippen LogP contribution in [0.1, 0.15) is 35.7 Å². The van der Waals surface area contributed by atoms with E-state index in [1.165, 1.54) is 29.2 Å². The number of nitrogens with one attached hydrogen (secondary N) is 3. The number of anilines is 3. The number of carbonyl (C=O) groups is 3. The van der Waals surface area contributed by atoms with Crippen LogP contribution in [0.15, 0.2) is 47.0 Å². The summed E-state index contributed by atoms with van der Waals surface area (Å²) in [5.74, 6) is -0.202. The predicted octanol–water partition coefficient (Wildman–Crippen LogP) is 5.11. The number of amides is 5. The lowest BCUT2D eigenvalue weighted by molar-refractivity contribution is 0.0174. The van der Waals surface area contributed by atoms with Crippen LogP contribution in [0.3, 0.4) is 0 Å². The van der Waals surface area contributed by atoms with Crippen LogP contribution in [0.5, 0.6) is 5.75 Å². The molecule has 5 amide bonds. The van der Waals surface area contributed by atoms with E-state index in [0.717, 1.165) is 0 Å². The highest BCUT2D eigenvalue weighted by Gasteiger charge is 2.31. The summed E-state index contributed by atoms with van der Waals surface area (Å²) >= 11 is 0. The maximum Gasteiger partial charge on any atom is 0.323 e. The van der Waals surface area contributed by atoms with Crippen molar-refractivity contribution in [3.8, 4) is 5.75 Å². The zero-order valence-corrected chi connectivity index (χ0v) is 25.1. The van der Waals surface area contributed by atoms with Crippen molar-refractivity contribution in [1.29, 1.82) is 0 Å². The molecule has 3 aromatic rings. The molecule has 1 aromatic heterocycles. The fourth-order valence-corrected chi connectivity index (χ4v) is 4.83. The maximum atomic E-state index is 13.6. The maximum absolute atomic E-state index is 13.6. The number of aromatic nitrogens is 1. The van der Waals surface area contributed by atoms with Gasteiger partial charge < -0.3 is 39.7 Å². The van der Waals surface area contributed by atoms with Gasteiger partial charge in [0.2, 0.25) is 0 Å². The van der Waals surface area contributed by atoms with E-state index in [-0.39, 0.29) is 54.1 Å². The minimum Gasteiger partial charge on any atom is -0.491 e. The summed E-state index contributed by atoms with van der Waals surface area (Å²) in [5, 5.41) is 12.1. The molecule has 2 heterocycles. The summed E-state index contributed by atoms with van der Waals surface area (Å²) in [6.45, 7) is 7.89. The van der Waals surface area contributed by atoms with Crippen molar-refractivity contribution in [2.24, 2.45) is 5.92 Å². The van der Waals surface area contributed by atoms with Crippen molar-refractivity contribution in [3.05, 3.63) is 65.3 Å². The van der Waals surface area contributed by atoms with Gasteiger partial charge in [-0.3, -0.25) is 4.79 Å². The topological polar surface area (TPSA) is 138 Å². The average Bonchev–Trinajstić information content (AvgIpc) is 3.28. The highest BCUT2D eigenvalue weighted by atomic mass is 19.1. The number of methoxy groups -OCH3 is 1. The van der Waals surface area contributed by atoms with E-state index in [2.05, 4.69) is 21.1 Å². The molecule has 1 aliphatic rings. The van der Waals surface area contributed by atoms with Gasteiger partial charge in [-0.15, -0.1) is 0 Å². The predicted molar refractivity (Wildman–Crippen MR) is 159 cm³/mol. The molecule has 0 saturated heterocycles. The quantitative estimate of drug-likeness (QED) is 0.380. The lowest BCUT2D eigenvalue weighted by Gasteiger charge is -2.36. The smallest absolute Gasteiger partial charge is 0.323 e. The highest BCUT2D eigenvalue weighted by molar-refractivity contribution is 6.01. The highest BCUT2D eigenvalue weighted by Crippen LogP contribution is 2.28. The molecule has 0 bridgehead atoms. The molecule has 13 heteroatoms. The number of benzene rings is 2. The third-order valence-corrected chi connectivity index (χ3v) is 7.31. The standard InChI is InChI=1S/C30H37FN6O6/c1-17-14-37(30(40)34-27-19(3)35-43-20(27)4)18(2)16-42-25-13-23(33-29(39)32-22-9-7-8-21(31)12-22)10-11-24(25)28(38)36(5)15-26(17)41-6/h7-13,17-18,26H,14-16H2,1-6H3,(H,34,40)(H2,32,33,39)/t17-,18-,26-/m0/s1. The summed E-state index contributed by atoms with van der Waals surface area (Å²) < 4.78 is 30.6. The Morgan fingerprint density at radius 1 is 1.05 bits per heavy atom. The van der Waals surface area contributed by atoms with Gasteiger partial charge in [0, 0.05) is 50.6 Å². The van der Waals surface area contributed by atoms with E-state index in [4.69, 9.17) is 14.0 Å². The largest absolute Gasteiger partial charge is 0.491 e. The van der Waals surface area contributed by atoms with E-state index in [1.807, 2.05) is 13.8 Å². The fraction of sp³-hybridized carbons (Fsp3) is 0.400. The summed E-state index contributed by atoms with van der Waals surface area (Å²) in [5.41, 5.74) is 1.97. The third-order valence-electron chi connectivity index (χ3n) is 7.31. The zero-order valence-electron chi connectivity index (χ0n) is 25.1. The number of aryl methyl sites for hydroxylation is 2. The molecule has 0 spiro atoms. The number of nitrogens with zero attached hydrogens (tertiary/aromatic N) is 3. The van der Waals surface area contributed by atoms with E-state index < -0.39 is 17.9 Å². The van der Waals surface area contributed by atoms with Crippen LogP contribution < -0.4 is 20.7 Å². The molecule has 0 aliphatic carbocycles. The molecule has 2 aromatic carbocycles. The van der Waals surface area contributed by atoms with Crippen molar-refractivity contribution in [2.45, 2.75) is 39.8 Å². The van der Waals surface area contributed by atoms with Crippen molar-refractivity contribution < 1.29 is 32.8 Å². The van der Waals surface area contributed by atoms with E-state index >= 15 is 0 Å². The van der Waals surface area contributed by atoms with Gasteiger partial charge in [0.25, 0.3) is 5.91 Å². The van der Waals surface area contributed by atoms with Gasteiger partial charge in [-0.2, -0.15) is 0 Å². The summed E-state index contributed by atoms with van der Waals surface area (Å²) in [7, 11) is 3.24. The molecule has 12 nitrogen and oxygen atoms in total. The summed E-state index contributed by atoms with van der Waals surface area (Å²) in [4.78, 5) is 42.8. The molecule has 0 fully saturated rings. The molecule has 0 radical (unpaired) electrons. The first kappa shape index (κ1) is 31.3. The molecule has 4 rings (SSSR count). The molecule has 3 N–H and O–H groups in total. The Morgan fingerprint density at radius 3 is 2.42 bits per heavy atom. The SMILES string of the molecule is CO[C@H]1CN(C)C(=O)c2ccc(NC(=O)Nc3cccc(F)c3)cc2OC[C@H](C)N(C(=O)Nc2c(C)noc2C)C[C@@H]1C. The number of carbonyl (C=O) groups excluding carboxylic acids is 3. The fourth-order valence-electron chi connectivity index (χ4n) is 4.83. The van der Waals surface area contributed by atoms with Gasteiger partial charge in [0.05, 0.1) is 17.7 Å². The van der Waals surface area contributed by atoms with Crippen LogP contribution in [0, 0.1) is 25.6 Å². The monoisotopic (exact) mass is 596 g/mol. The van der Waals surface area contributed by atoms with Crippen LogP contribution in [0.2, 0.25) is 0 Å². The van der Waals surface area contributed by atoms with Gasteiger partial charge in [0.15, 0.2) is 5.76 Å². The first-order chi connectivity index (χ1) is 20.5. The number of rotatable bonds is 4. The van der Waals surface area contributed by atoms with Crippen LogP contribution in [-0.2, 0) is 4.74 Å². The van der Waals surface area contributed by atoms with Gasteiger partial charge >= 0.3 is 12.1 Å². The summed E-state index contributed by atoms with van der Waals surface area (Å²) in [6.07, 6.45) is -0.369. The number of hydrogen-bond donors (Lipinski definition) is 3. The van der Waals surface area contributed by atoms with Crippen LogP contribution in [0.25, 0.3) is 0 Å². The molecule has 0 saturated carbocycles. The second kappa shape index (κ2) is 13.6. The molecule has 230 valence electrons. The second-order valence-electron chi connectivity index (χ2n) is 10.7. The number of halogens is 1. The van der Waals surface area contributed by atoms with Crippen LogP contribution in [0.4, 0.5) is 31.0 Å². The van der Waals surface area contributed by atoms with Crippen molar-refractivity contribution in [1.82, 2.24) is 15.0 Å². The molecule has 0 unspecified atom stereocenters. The van der Waals surface area contributed by atoms with Gasteiger partial charge in [-0.1, -0.05) is 18.1 Å². The molecular formula is C30H37FN6O6. The summed E-state index contributed by atoms with van der Waals surface area (Å²) in [6, 6.07) is 8.79. The number of hydrogen-bond acceptors (Lipinski definition) is 7. The normalized spacial score (nSPS) is 19.4. The molecular weight excluding hydrogens is 559 g/mol. The molecule has 1 aliphatic heterocycles. The van der Waals surface area contributed by atoms with Crippen LogP contribution in [-0.4, -0.2) is 78.9 Å². The van der Waals surface area contributed by atoms with Crippen molar-refractivity contribution >= 4 is 35.0 Å². The Morgan fingerprint density at radius 2 is 1.77 bits per heavy atom. The Bertz CT molecular complexity index is 1460. The van der Waals surface area contributed by atoms with E-state index in [0.29, 0.717) is 29.4 Å². The van der Waals surface area contributed by atoms with Gasteiger partial charge in [-0.05, 0) is 51.1 Å². The van der Waals surface area contributed by atoms with Gasteiger partial charge in [-0.25, -0.2) is 14.0 Å². The number of likely N-dealkylation sites (N-methyl/N-ethyl adjacent to an activating group) is 1. The van der Waals surface area contributed by atoms with E-state index in [9.17, 15) is 18.8 Å². The van der Waals surface area contributed by atoms with E-state index in [1.54, 1.807) is 51.1 Å². The Hall–Kier alpha value is -4.65. The Balaban J connectivity index is 1.60. The Kier molecular flexibility index (Phi) is 9.86. The first-order valence-electron chi connectivity index (χ1n) is 13.9. The van der Waals surface area contributed by atoms with Crippen molar-refractivity contribution in [3.63, 3.8) is 0 Å². The minimum atomic E-state index is -0.602. The zero-order chi connectivity index (χ0) is 31.3. The second-order valence-corrected chi connectivity index (χ2v) is 10.7. The van der Waals surface area contributed by atoms with Crippen LogP contribution >= 0.6 is 0 Å².